The summed E-state index contributed by atoms with van der Waals surface area (Å²) in [5, 5.41) is 10.9. The number of aromatic amines is 1. The van der Waals surface area contributed by atoms with Gasteiger partial charge in [-0.05, 0) is 36.1 Å². The maximum Gasteiger partial charge on any atom is 0.0622 e. The first-order valence-electron chi connectivity index (χ1n) is 5.49. The summed E-state index contributed by atoms with van der Waals surface area (Å²) in [5.41, 5.74) is 3.14. The maximum absolute atomic E-state index is 4.09. The van der Waals surface area contributed by atoms with Crippen molar-refractivity contribution >= 4 is 17.0 Å². The van der Waals surface area contributed by atoms with E-state index in [9.17, 15) is 0 Å². The minimum Gasteiger partial charge on any atom is -0.361 e. The fourth-order valence-electron chi connectivity index (χ4n) is 1.59. The Morgan fingerprint density at radius 1 is 1.29 bits per heavy atom. The lowest BCUT2D eigenvalue weighted by molar-refractivity contribution is 0.405. The minimum atomic E-state index is 0.879. The normalized spacial score (nSPS) is 12.5. The molecule has 2 rings (SSSR count). The van der Waals surface area contributed by atoms with Crippen molar-refractivity contribution in [2.75, 3.05) is 14.1 Å². The number of aromatic nitrogens is 1. The average molecular weight is 228 g/mol. The highest BCUT2D eigenvalue weighted by atomic mass is 15.5. The van der Waals surface area contributed by atoms with Gasteiger partial charge in [0.05, 0.1) is 5.70 Å². The molecule has 1 N–H and O–H groups in total. The molecule has 0 atom stereocenters. The number of H-pyrrole nitrogens is 1. The summed E-state index contributed by atoms with van der Waals surface area (Å²) in [7, 11) is 3.70. The highest BCUT2D eigenvalue weighted by molar-refractivity contribution is 5.81. The van der Waals surface area contributed by atoms with Gasteiger partial charge in [0.2, 0.25) is 0 Å². The molecule has 88 valence electrons. The smallest absolute Gasteiger partial charge is 0.0622 e. The molecule has 1 heterocycles. The molecule has 1 aromatic carbocycles. The molecule has 0 spiro atoms. The van der Waals surface area contributed by atoms with Gasteiger partial charge in [0, 0.05) is 25.8 Å². The summed E-state index contributed by atoms with van der Waals surface area (Å²) in [5.74, 6) is 0. The Balaban J connectivity index is 2.24. The number of fused-ring (bicyclic) bond motifs is 1. The molecule has 0 amide bonds. The van der Waals surface area contributed by atoms with E-state index in [1.165, 1.54) is 5.39 Å². The molecule has 0 bridgehead atoms. The van der Waals surface area contributed by atoms with Crippen LogP contribution in [0.4, 0.5) is 0 Å². The van der Waals surface area contributed by atoms with Gasteiger partial charge in [-0.25, -0.2) is 0 Å². The van der Waals surface area contributed by atoms with E-state index in [-0.39, 0.29) is 0 Å². The predicted octanol–water partition coefficient (Wildman–Crippen LogP) is 3.46. The largest absolute Gasteiger partial charge is 0.361 e. The molecule has 0 radical (unpaired) electrons. The first-order valence-corrected chi connectivity index (χ1v) is 5.49. The fourth-order valence-corrected chi connectivity index (χ4v) is 1.59. The minimum absolute atomic E-state index is 0.879. The van der Waals surface area contributed by atoms with Crippen molar-refractivity contribution in [2.24, 2.45) is 10.3 Å². The monoisotopic (exact) mass is 228 g/mol. The van der Waals surface area contributed by atoms with Gasteiger partial charge in [0.25, 0.3) is 0 Å². The molecule has 1 aromatic heterocycles. The van der Waals surface area contributed by atoms with Gasteiger partial charge in [0.15, 0.2) is 0 Å². The Morgan fingerprint density at radius 3 is 2.88 bits per heavy atom. The Kier molecular flexibility index (Phi) is 3.23. The summed E-state index contributed by atoms with van der Waals surface area (Å²) in [6.07, 6.45) is 3.95. The average Bonchev–Trinajstić information content (AvgIpc) is 2.73. The molecule has 17 heavy (non-hydrogen) atoms. The summed E-state index contributed by atoms with van der Waals surface area (Å²) >= 11 is 0. The molecule has 0 saturated carbocycles. The third-order valence-corrected chi connectivity index (χ3v) is 2.34. The number of hydrogen-bond acceptors (Lipinski definition) is 2. The van der Waals surface area contributed by atoms with Crippen molar-refractivity contribution in [3.8, 4) is 0 Å². The fraction of sp³-hybridized carbons (Fsp3) is 0.231. The van der Waals surface area contributed by atoms with Crippen LogP contribution < -0.4 is 0 Å². The van der Waals surface area contributed by atoms with Crippen LogP contribution in [0.2, 0.25) is 0 Å². The zero-order valence-electron chi connectivity index (χ0n) is 10.3. The van der Waals surface area contributed by atoms with Crippen molar-refractivity contribution < 1.29 is 0 Å². The molecule has 4 heteroatoms. The number of rotatable bonds is 3. The van der Waals surface area contributed by atoms with Crippen molar-refractivity contribution in [1.29, 1.82) is 0 Å². The summed E-state index contributed by atoms with van der Waals surface area (Å²) < 4.78 is 0. The van der Waals surface area contributed by atoms with Gasteiger partial charge in [-0.1, -0.05) is 17.4 Å². The lowest BCUT2D eigenvalue weighted by Crippen LogP contribution is -1.99. The van der Waals surface area contributed by atoms with Crippen LogP contribution >= 0.6 is 0 Å². The van der Waals surface area contributed by atoms with Gasteiger partial charge in [0.1, 0.15) is 0 Å². The molecule has 0 aliphatic carbocycles. The predicted molar refractivity (Wildman–Crippen MR) is 70.5 cm³/mol. The van der Waals surface area contributed by atoms with E-state index in [0.29, 0.717) is 0 Å². The van der Waals surface area contributed by atoms with Gasteiger partial charge in [-0.2, -0.15) is 0 Å². The van der Waals surface area contributed by atoms with E-state index in [4.69, 9.17) is 0 Å². The van der Waals surface area contributed by atoms with Crippen molar-refractivity contribution in [1.82, 2.24) is 9.99 Å². The highest BCUT2D eigenvalue weighted by Crippen LogP contribution is 2.16. The van der Waals surface area contributed by atoms with Crippen LogP contribution in [0.15, 0.2) is 46.5 Å². The molecular formula is C13H16N4. The zero-order chi connectivity index (χ0) is 12.3. The van der Waals surface area contributed by atoms with E-state index < -0.39 is 0 Å². The van der Waals surface area contributed by atoms with Gasteiger partial charge in [-0.3, -0.25) is 5.01 Å². The molecular weight excluding hydrogens is 212 g/mol. The van der Waals surface area contributed by atoms with Crippen molar-refractivity contribution in [3.05, 3.63) is 41.7 Å². The molecule has 2 aromatic rings. The van der Waals surface area contributed by atoms with E-state index in [0.717, 1.165) is 16.8 Å². The van der Waals surface area contributed by atoms with E-state index in [1.807, 2.05) is 33.3 Å². The van der Waals surface area contributed by atoms with Crippen LogP contribution in [0.25, 0.3) is 17.0 Å². The standard InChI is InChI=1S/C13H16N4/c1-10(15-16-17(2)3)8-11-4-5-12-6-7-14-13(12)9-11/h4-9,14H,1-3H3/b10-8+,16-15?. The Labute approximate surface area is 101 Å². The second kappa shape index (κ2) is 4.82. The lowest BCUT2D eigenvalue weighted by atomic mass is 10.1. The van der Waals surface area contributed by atoms with Crippen LogP contribution in [-0.2, 0) is 0 Å². The topological polar surface area (TPSA) is 43.8 Å². The maximum atomic E-state index is 4.09. The quantitative estimate of drug-likeness (QED) is 0.634. The molecule has 4 nitrogen and oxygen atoms in total. The Bertz CT molecular complexity index is 564. The Morgan fingerprint density at radius 2 is 2.12 bits per heavy atom. The second-order valence-corrected chi connectivity index (χ2v) is 4.15. The first-order chi connectivity index (χ1) is 8.15. The SMILES string of the molecule is C/C(=C\c1ccc2cc[nH]c2c1)N=NN(C)C. The van der Waals surface area contributed by atoms with Crippen LogP contribution in [0, 0.1) is 0 Å². The van der Waals surface area contributed by atoms with Crippen LogP contribution in [0.3, 0.4) is 0 Å². The first kappa shape index (κ1) is 11.4. The highest BCUT2D eigenvalue weighted by Gasteiger charge is 1.95. The van der Waals surface area contributed by atoms with Gasteiger partial charge >= 0.3 is 0 Å². The van der Waals surface area contributed by atoms with Crippen LogP contribution in [0.1, 0.15) is 12.5 Å². The second-order valence-electron chi connectivity index (χ2n) is 4.15. The third-order valence-electron chi connectivity index (χ3n) is 2.34. The van der Waals surface area contributed by atoms with Crippen LogP contribution in [0.5, 0.6) is 0 Å². The van der Waals surface area contributed by atoms with Crippen molar-refractivity contribution in [3.63, 3.8) is 0 Å². The molecule has 0 fully saturated rings. The Hall–Kier alpha value is -2.10. The van der Waals surface area contributed by atoms with Gasteiger partial charge < -0.3 is 4.98 Å². The summed E-state index contributed by atoms with van der Waals surface area (Å²) in [6, 6.07) is 8.32. The number of benzene rings is 1. The van der Waals surface area contributed by atoms with E-state index in [2.05, 4.69) is 39.6 Å². The molecule has 0 aliphatic heterocycles. The van der Waals surface area contributed by atoms with Crippen molar-refractivity contribution in [2.45, 2.75) is 6.92 Å². The van der Waals surface area contributed by atoms with E-state index >= 15 is 0 Å². The number of allylic oxidation sites excluding steroid dienone is 1. The molecule has 0 unspecified atom stereocenters. The third kappa shape index (κ3) is 2.93. The summed E-state index contributed by atoms with van der Waals surface area (Å²) in [4.78, 5) is 3.19. The molecule has 0 aliphatic rings. The number of nitrogens with zero attached hydrogens (tertiary/aromatic N) is 3. The zero-order valence-corrected chi connectivity index (χ0v) is 10.3. The number of nitrogens with one attached hydrogen (secondary N) is 1. The van der Waals surface area contributed by atoms with Crippen LogP contribution in [-0.4, -0.2) is 24.1 Å². The summed E-state index contributed by atoms with van der Waals surface area (Å²) in [6.45, 7) is 1.94. The van der Waals surface area contributed by atoms with E-state index in [1.54, 1.807) is 5.01 Å². The lowest BCUT2D eigenvalue weighted by Gasteiger charge is -2.00. The molecule has 0 saturated heterocycles. The van der Waals surface area contributed by atoms with Gasteiger partial charge in [-0.15, -0.1) is 5.11 Å². The number of hydrogen-bond donors (Lipinski definition) is 1.